The Balaban J connectivity index is 2.00. The van der Waals surface area contributed by atoms with Crippen molar-refractivity contribution in [3.8, 4) is 0 Å². The van der Waals surface area contributed by atoms with Crippen molar-refractivity contribution in [1.82, 2.24) is 15.0 Å². The number of anilines is 2. The van der Waals surface area contributed by atoms with Crippen LogP contribution in [-0.2, 0) is 6.54 Å². The highest BCUT2D eigenvalue weighted by molar-refractivity contribution is 6.28. The highest BCUT2D eigenvalue weighted by Crippen LogP contribution is 2.11. The lowest BCUT2D eigenvalue weighted by atomic mass is 10.4. The number of aromatic nitrogens is 3. The van der Waals surface area contributed by atoms with Gasteiger partial charge in [0, 0.05) is 6.54 Å². The molecule has 2 aromatic rings. The number of nitrogens with zero attached hydrogens (tertiary/aromatic N) is 3. The number of furan rings is 1. The number of nitrogens with one attached hydrogen (secondary N) is 2. The van der Waals surface area contributed by atoms with Crippen molar-refractivity contribution in [2.75, 3.05) is 17.2 Å². The molecule has 2 aromatic heterocycles. The molecule has 2 N–H and O–H groups in total. The van der Waals surface area contributed by atoms with Crippen molar-refractivity contribution in [2.45, 2.75) is 19.9 Å². The summed E-state index contributed by atoms with van der Waals surface area (Å²) in [7, 11) is 0. The second-order valence-electron chi connectivity index (χ2n) is 3.61. The minimum atomic E-state index is 0.158. The first-order valence-electron chi connectivity index (χ1n) is 5.69. The van der Waals surface area contributed by atoms with Gasteiger partial charge in [0.05, 0.1) is 12.8 Å². The maximum atomic E-state index is 5.82. The molecule has 0 bridgehead atoms. The van der Waals surface area contributed by atoms with E-state index in [0.717, 1.165) is 18.7 Å². The zero-order valence-electron chi connectivity index (χ0n) is 9.98. The Morgan fingerprint density at radius 2 is 2.00 bits per heavy atom. The molecule has 2 rings (SSSR count). The summed E-state index contributed by atoms with van der Waals surface area (Å²) in [6.07, 6.45) is 2.60. The van der Waals surface area contributed by atoms with Gasteiger partial charge in [0.2, 0.25) is 17.2 Å². The van der Waals surface area contributed by atoms with E-state index in [9.17, 15) is 0 Å². The molecule has 6 nitrogen and oxygen atoms in total. The van der Waals surface area contributed by atoms with E-state index < -0.39 is 0 Å². The molecule has 0 aliphatic heterocycles. The number of rotatable bonds is 6. The summed E-state index contributed by atoms with van der Waals surface area (Å²) in [5.41, 5.74) is 0. The lowest BCUT2D eigenvalue weighted by Crippen LogP contribution is -2.09. The summed E-state index contributed by atoms with van der Waals surface area (Å²) < 4.78 is 5.20. The van der Waals surface area contributed by atoms with E-state index in [0.29, 0.717) is 18.4 Å². The minimum Gasteiger partial charge on any atom is -0.467 e. The van der Waals surface area contributed by atoms with Crippen LogP contribution in [-0.4, -0.2) is 21.5 Å². The van der Waals surface area contributed by atoms with E-state index in [-0.39, 0.29) is 5.28 Å². The SMILES string of the molecule is CCCNc1nc(Cl)nc(NCc2ccco2)n1. The summed E-state index contributed by atoms with van der Waals surface area (Å²) in [5, 5.41) is 6.24. The van der Waals surface area contributed by atoms with Crippen molar-refractivity contribution in [1.29, 1.82) is 0 Å². The van der Waals surface area contributed by atoms with Crippen molar-refractivity contribution in [3.63, 3.8) is 0 Å². The van der Waals surface area contributed by atoms with Gasteiger partial charge in [0.25, 0.3) is 0 Å². The van der Waals surface area contributed by atoms with E-state index in [1.54, 1.807) is 6.26 Å². The normalized spacial score (nSPS) is 10.3. The number of halogens is 1. The quantitative estimate of drug-likeness (QED) is 0.838. The number of hydrogen-bond acceptors (Lipinski definition) is 6. The molecular formula is C11H14ClN5O. The van der Waals surface area contributed by atoms with Gasteiger partial charge in [-0.1, -0.05) is 6.92 Å². The van der Waals surface area contributed by atoms with Gasteiger partial charge in [-0.3, -0.25) is 0 Å². The summed E-state index contributed by atoms with van der Waals surface area (Å²) >= 11 is 5.82. The predicted octanol–water partition coefficient (Wildman–Crippen LogP) is 2.55. The highest BCUT2D eigenvalue weighted by atomic mass is 35.5. The molecule has 18 heavy (non-hydrogen) atoms. The average molecular weight is 268 g/mol. The van der Waals surface area contributed by atoms with Gasteiger partial charge in [-0.25, -0.2) is 0 Å². The lowest BCUT2D eigenvalue weighted by molar-refractivity contribution is 0.517. The Labute approximate surface area is 110 Å². The highest BCUT2D eigenvalue weighted by Gasteiger charge is 2.04. The molecule has 0 aliphatic rings. The van der Waals surface area contributed by atoms with E-state index in [1.807, 2.05) is 12.1 Å². The molecule has 0 unspecified atom stereocenters. The maximum absolute atomic E-state index is 5.82. The van der Waals surface area contributed by atoms with Crippen molar-refractivity contribution in [2.24, 2.45) is 0 Å². The van der Waals surface area contributed by atoms with Crippen molar-refractivity contribution >= 4 is 23.5 Å². The molecule has 0 aromatic carbocycles. The maximum Gasteiger partial charge on any atom is 0.229 e. The van der Waals surface area contributed by atoms with Crippen LogP contribution in [0.15, 0.2) is 22.8 Å². The van der Waals surface area contributed by atoms with E-state index >= 15 is 0 Å². The lowest BCUT2D eigenvalue weighted by Gasteiger charge is -2.06. The monoisotopic (exact) mass is 267 g/mol. The van der Waals surface area contributed by atoms with Gasteiger partial charge in [0.1, 0.15) is 5.76 Å². The molecule has 0 fully saturated rings. The molecule has 0 spiro atoms. The molecule has 2 heterocycles. The Morgan fingerprint density at radius 3 is 2.67 bits per heavy atom. The third kappa shape index (κ3) is 3.59. The average Bonchev–Trinajstić information content (AvgIpc) is 2.86. The third-order valence-electron chi connectivity index (χ3n) is 2.14. The number of hydrogen-bond donors (Lipinski definition) is 2. The van der Waals surface area contributed by atoms with Crippen LogP contribution in [0.2, 0.25) is 5.28 Å². The van der Waals surface area contributed by atoms with Gasteiger partial charge in [-0.2, -0.15) is 15.0 Å². The van der Waals surface area contributed by atoms with Crippen LogP contribution in [0.1, 0.15) is 19.1 Å². The standard InChI is InChI=1S/C11H14ClN5O/c1-2-5-13-10-15-9(12)16-11(17-10)14-7-8-4-3-6-18-8/h3-4,6H,2,5,7H2,1H3,(H2,13,14,15,16,17). The van der Waals surface area contributed by atoms with Crippen LogP contribution >= 0.6 is 11.6 Å². The first-order chi connectivity index (χ1) is 8.78. The van der Waals surface area contributed by atoms with Crippen LogP contribution < -0.4 is 10.6 Å². The van der Waals surface area contributed by atoms with Crippen LogP contribution in [0.25, 0.3) is 0 Å². The summed E-state index contributed by atoms with van der Waals surface area (Å²) in [5.74, 6) is 1.69. The molecule has 0 saturated carbocycles. The first-order valence-corrected chi connectivity index (χ1v) is 6.07. The fourth-order valence-electron chi connectivity index (χ4n) is 1.32. The van der Waals surface area contributed by atoms with Crippen LogP contribution in [0.5, 0.6) is 0 Å². The topological polar surface area (TPSA) is 75.9 Å². The molecule has 0 atom stereocenters. The van der Waals surface area contributed by atoms with Gasteiger partial charge >= 0.3 is 0 Å². The summed E-state index contributed by atoms with van der Waals surface area (Å²) in [6.45, 7) is 3.35. The predicted molar refractivity (Wildman–Crippen MR) is 69.7 cm³/mol. The van der Waals surface area contributed by atoms with Gasteiger partial charge in [0.15, 0.2) is 0 Å². The van der Waals surface area contributed by atoms with E-state index in [2.05, 4.69) is 32.5 Å². The Morgan fingerprint density at radius 1 is 1.22 bits per heavy atom. The zero-order valence-corrected chi connectivity index (χ0v) is 10.7. The Hall–Kier alpha value is -1.82. The van der Waals surface area contributed by atoms with Crippen molar-refractivity contribution in [3.05, 3.63) is 29.4 Å². The molecule has 0 amide bonds. The smallest absolute Gasteiger partial charge is 0.229 e. The second-order valence-corrected chi connectivity index (χ2v) is 3.95. The molecule has 7 heteroatoms. The molecular weight excluding hydrogens is 254 g/mol. The largest absolute Gasteiger partial charge is 0.467 e. The first kappa shape index (κ1) is 12.6. The second kappa shape index (κ2) is 6.20. The van der Waals surface area contributed by atoms with E-state index in [1.165, 1.54) is 0 Å². The molecule has 0 saturated heterocycles. The minimum absolute atomic E-state index is 0.158. The fraction of sp³-hybridized carbons (Fsp3) is 0.364. The summed E-state index contributed by atoms with van der Waals surface area (Å²) in [6, 6.07) is 3.69. The Kier molecular flexibility index (Phi) is 4.35. The molecule has 96 valence electrons. The van der Waals surface area contributed by atoms with Crippen LogP contribution in [0.3, 0.4) is 0 Å². The summed E-state index contributed by atoms with van der Waals surface area (Å²) in [4.78, 5) is 12.2. The van der Waals surface area contributed by atoms with Crippen LogP contribution in [0.4, 0.5) is 11.9 Å². The molecule has 0 aliphatic carbocycles. The van der Waals surface area contributed by atoms with Gasteiger partial charge in [-0.15, -0.1) is 0 Å². The van der Waals surface area contributed by atoms with Crippen LogP contribution in [0, 0.1) is 0 Å². The third-order valence-corrected chi connectivity index (χ3v) is 2.31. The van der Waals surface area contributed by atoms with Crippen molar-refractivity contribution < 1.29 is 4.42 Å². The van der Waals surface area contributed by atoms with Gasteiger partial charge in [-0.05, 0) is 30.2 Å². The van der Waals surface area contributed by atoms with Gasteiger partial charge < -0.3 is 15.1 Å². The Bertz CT molecular complexity index is 488. The van der Waals surface area contributed by atoms with E-state index in [4.69, 9.17) is 16.0 Å². The molecule has 0 radical (unpaired) electrons. The fourth-order valence-corrected chi connectivity index (χ4v) is 1.48. The zero-order chi connectivity index (χ0) is 12.8.